The quantitative estimate of drug-likeness (QED) is 0.350. The highest BCUT2D eigenvalue weighted by Gasteiger charge is 2.28. The molecule has 1 N–H and O–H groups in total. The predicted molar refractivity (Wildman–Crippen MR) is 142 cm³/mol. The van der Waals surface area contributed by atoms with E-state index in [0.717, 1.165) is 23.5 Å². The number of rotatable bonds is 12. The number of sulfonamides is 1. The molecular formula is C27H32N2O3S2. The number of hydrogen-bond acceptors (Lipinski definition) is 4. The van der Waals surface area contributed by atoms with E-state index in [4.69, 9.17) is 0 Å². The minimum atomic E-state index is -3.89. The molecule has 0 aliphatic carbocycles. The molecule has 0 bridgehead atoms. The number of thioether (sulfide) groups is 1. The average Bonchev–Trinajstić information content (AvgIpc) is 2.86. The van der Waals surface area contributed by atoms with Gasteiger partial charge in [-0.1, -0.05) is 73.2 Å². The first kappa shape index (κ1) is 25.8. The van der Waals surface area contributed by atoms with Gasteiger partial charge in [0, 0.05) is 12.3 Å². The molecule has 0 unspecified atom stereocenters. The van der Waals surface area contributed by atoms with Gasteiger partial charge in [-0.05, 0) is 54.8 Å². The molecule has 0 radical (unpaired) electrons. The van der Waals surface area contributed by atoms with E-state index < -0.39 is 10.0 Å². The molecule has 0 saturated heterocycles. The van der Waals surface area contributed by atoms with E-state index in [9.17, 15) is 13.2 Å². The second kappa shape index (κ2) is 12.6. The maximum Gasteiger partial charge on any atom is 0.264 e. The Kier molecular flexibility index (Phi) is 9.60. The van der Waals surface area contributed by atoms with Gasteiger partial charge in [0.25, 0.3) is 10.0 Å². The summed E-state index contributed by atoms with van der Waals surface area (Å²) in [5.41, 5.74) is 3.96. The summed E-state index contributed by atoms with van der Waals surface area (Å²) < 4.78 is 28.1. The molecule has 0 aliphatic heterocycles. The van der Waals surface area contributed by atoms with Crippen molar-refractivity contribution in [3.8, 4) is 0 Å². The number of aryl methyl sites for hydroxylation is 2. The molecule has 0 aliphatic rings. The van der Waals surface area contributed by atoms with Crippen LogP contribution in [0.1, 0.15) is 30.0 Å². The van der Waals surface area contributed by atoms with Crippen molar-refractivity contribution in [2.24, 2.45) is 0 Å². The Hall–Kier alpha value is -2.77. The molecule has 1 amide bonds. The Morgan fingerprint density at radius 3 is 2.32 bits per heavy atom. The Labute approximate surface area is 207 Å². The first-order valence-electron chi connectivity index (χ1n) is 11.5. The molecule has 5 nitrogen and oxygen atoms in total. The summed E-state index contributed by atoms with van der Waals surface area (Å²) in [5, 5.41) is 2.89. The van der Waals surface area contributed by atoms with E-state index in [1.165, 1.54) is 15.4 Å². The Morgan fingerprint density at radius 1 is 0.941 bits per heavy atom. The highest BCUT2D eigenvalue weighted by atomic mass is 32.2. The maximum absolute atomic E-state index is 13.4. The van der Waals surface area contributed by atoms with Gasteiger partial charge in [0.05, 0.1) is 10.6 Å². The van der Waals surface area contributed by atoms with Gasteiger partial charge in [0.1, 0.15) is 6.54 Å². The summed E-state index contributed by atoms with van der Waals surface area (Å²) in [6, 6.07) is 24.1. The predicted octanol–water partition coefficient (Wildman–Crippen LogP) is 5.19. The summed E-state index contributed by atoms with van der Waals surface area (Å²) in [5.74, 6) is 1.54. The Morgan fingerprint density at radius 2 is 1.62 bits per heavy atom. The van der Waals surface area contributed by atoms with Crippen molar-refractivity contribution >= 4 is 33.4 Å². The van der Waals surface area contributed by atoms with Crippen LogP contribution >= 0.6 is 11.8 Å². The van der Waals surface area contributed by atoms with Crippen LogP contribution in [0.2, 0.25) is 0 Å². The minimum Gasteiger partial charge on any atom is -0.354 e. The summed E-state index contributed by atoms with van der Waals surface area (Å²) in [6.45, 7) is 4.30. The second-order valence-electron chi connectivity index (χ2n) is 8.05. The van der Waals surface area contributed by atoms with Crippen LogP contribution in [-0.2, 0) is 27.0 Å². The molecule has 0 atom stereocenters. The number of amides is 1. The van der Waals surface area contributed by atoms with Crippen molar-refractivity contribution in [2.75, 3.05) is 23.1 Å². The summed E-state index contributed by atoms with van der Waals surface area (Å²) in [4.78, 5) is 12.9. The van der Waals surface area contributed by atoms with Crippen molar-refractivity contribution in [3.05, 3.63) is 95.6 Å². The molecule has 180 valence electrons. The fraction of sp³-hybridized carbons (Fsp3) is 0.296. The molecule has 0 aromatic heterocycles. The number of carbonyl (C=O) groups is 1. The van der Waals surface area contributed by atoms with Gasteiger partial charge in [-0.3, -0.25) is 9.10 Å². The molecule has 3 aromatic carbocycles. The van der Waals surface area contributed by atoms with Crippen molar-refractivity contribution in [1.82, 2.24) is 5.32 Å². The third kappa shape index (κ3) is 7.11. The zero-order valence-corrected chi connectivity index (χ0v) is 21.4. The van der Waals surface area contributed by atoms with Crippen molar-refractivity contribution < 1.29 is 13.2 Å². The molecule has 3 aromatic rings. The van der Waals surface area contributed by atoms with Gasteiger partial charge in [-0.15, -0.1) is 0 Å². The number of hydrogen-bond donors (Lipinski definition) is 1. The van der Waals surface area contributed by atoms with E-state index in [2.05, 4.69) is 36.5 Å². The van der Waals surface area contributed by atoms with Crippen LogP contribution in [0.5, 0.6) is 0 Å². The molecule has 34 heavy (non-hydrogen) atoms. The number of anilines is 1. The van der Waals surface area contributed by atoms with Crippen molar-refractivity contribution in [3.63, 3.8) is 0 Å². The fourth-order valence-corrected chi connectivity index (χ4v) is 5.94. The van der Waals surface area contributed by atoms with Gasteiger partial charge in [0.2, 0.25) is 5.91 Å². The Bertz CT molecular complexity index is 1160. The van der Waals surface area contributed by atoms with E-state index in [1.807, 2.05) is 30.8 Å². The third-order valence-electron chi connectivity index (χ3n) is 5.44. The van der Waals surface area contributed by atoms with Crippen LogP contribution in [0.25, 0.3) is 0 Å². The molecular weight excluding hydrogens is 464 g/mol. The Balaban J connectivity index is 1.60. The maximum atomic E-state index is 13.4. The van der Waals surface area contributed by atoms with Gasteiger partial charge < -0.3 is 5.32 Å². The van der Waals surface area contributed by atoms with Crippen LogP contribution in [0.15, 0.2) is 83.8 Å². The van der Waals surface area contributed by atoms with Crippen LogP contribution in [0.3, 0.4) is 0 Å². The fourth-order valence-electron chi connectivity index (χ4n) is 3.54. The third-order valence-corrected chi connectivity index (χ3v) is 8.33. The zero-order chi connectivity index (χ0) is 24.4. The smallest absolute Gasteiger partial charge is 0.264 e. The lowest BCUT2D eigenvalue weighted by Gasteiger charge is -2.26. The van der Waals surface area contributed by atoms with E-state index in [1.54, 1.807) is 42.5 Å². The van der Waals surface area contributed by atoms with Crippen molar-refractivity contribution in [2.45, 2.75) is 37.3 Å². The molecule has 0 fully saturated rings. The normalized spacial score (nSPS) is 11.2. The first-order valence-corrected chi connectivity index (χ1v) is 14.1. The highest BCUT2D eigenvalue weighted by molar-refractivity contribution is 7.98. The van der Waals surface area contributed by atoms with E-state index in [0.29, 0.717) is 18.7 Å². The second-order valence-corrected chi connectivity index (χ2v) is 11.0. The summed E-state index contributed by atoms with van der Waals surface area (Å²) >= 11 is 1.82. The standard InChI is InChI=1S/C27H32N2O3S2/c1-3-24-10-7-8-13-26(24)29(34(31,32)25-11-5-4-6-12-25)20-27(30)28-18-9-19-33-21-23-16-14-22(2)15-17-23/h4-8,10-17H,3,9,18-21H2,1-2H3,(H,28,30). The average molecular weight is 497 g/mol. The van der Waals surface area contributed by atoms with Crippen LogP contribution in [0.4, 0.5) is 5.69 Å². The van der Waals surface area contributed by atoms with Crippen LogP contribution in [0, 0.1) is 6.92 Å². The largest absolute Gasteiger partial charge is 0.354 e. The van der Waals surface area contributed by atoms with Gasteiger partial charge in [-0.2, -0.15) is 11.8 Å². The lowest BCUT2D eigenvalue weighted by atomic mass is 10.1. The van der Waals surface area contributed by atoms with Crippen LogP contribution < -0.4 is 9.62 Å². The first-order chi connectivity index (χ1) is 16.4. The van der Waals surface area contributed by atoms with Crippen molar-refractivity contribution in [1.29, 1.82) is 0 Å². The number of nitrogens with one attached hydrogen (secondary N) is 1. The molecule has 7 heteroatoms. The van der Waals surface area contributed by atoms with E-state index >= 15 is 0 Å². The number of nitrogens with zero attached hydrogens (tertiary/aromatic N) is 1. The van der Waals surface area contributed by atoms with Gasteiger partial charge >= 0.3 is 0 Å². The number of benzene rings is 3. The summed E-state index contributed by atoms with van der Waals surface area (Å²) in [7, 11) is -3.89. The molecule has 0 heterocycles. The van der Waals surface area contributed by atoms with Crippen LogP contribution in [-0.4, -0.2) is 33.2 Å². The molecule has 0 saturated carbocycles. The lowest BCUT2D eigenvalue weighted by Crippen LogP contribution is -2.41. The highest BCUT2D eigenvalue weighted by Crippen LogP contribution is 2.27. The summed E-state index contributed by atoms with van der Waals surface area (Å²) in [6.07, 6.45) is 1.48. The van der Waals surface area contributed by atoms with E-state index in [-0.39, 0.29) is 17.3 Å². The SMILES string of the molecule is CCc1ccccc1N(CC(=O)NCCCSCc1ccc(C)cc1)S(=O)(=O)c1ccccc1. The van der Waals surface area contributed by atoms with Gasteiger partial charge in [0.15, 0.2) is 0 Å². The molecule has 3 rings (SSSR count). The monoisotopic (exact) mass is 496 g/mol. The zero-order valence-electron chi connectivity index (χ0n) is 19.7. The number of carbonyl (C=O) groups excluding carboxylic acids is 1. The minimum absolute atomic E-state index is 0.168. The van der Waals surface area contributed by atoms with Gasteiger partial charge in [-0.25, -0.2) is 8.42 Å². The molecule has 0 spiro atoms. The topological polar surface area (TPSA) is 66.5 Å². The number of para-hydroxylation sites is 1. The lowest BCUT2D eigenvalue weighted by molar-refractivity contribution is -0.119.